The number of benzene rings is 3. The average molecular weight is 379 g/mol. The van der Waals surface area contributed by atoms with E-state index in [0.29, 0.717) is 0 Å². The van der Waals surface area contributed by atoms with Gasteiger partial charge in [0.25, 0.3) is 0 Å². The monoisotopic (exact) mass is 379 g/mol. The zero-order valence-corrected chi connectivity index (χ0v) is 15.4. The minimum Gasteiger partial charge on any atom is -0.361 e. The van der Waals surface area contributed by atoms with E-state index < -0.39 is 11.3 Å². The number of aromatic amines is 1. The number of hydrogen-bond acceptors (Lipinski definition) is 2. The van der Waals surface area contributed by atoms with Gasteiger partial charge in [0, 0.05) is 28.5 Å². The molecular weight excluding hydrogens is 362 g/mol. The molecule has 4 aromatic rings. The van der Waals surface area contributed by atoms with Gasteiger partial charge >= 0.3 is 0 Å². The van der Waals surface area contributed by atoms with E-state index in [0.717, 1.165) is 39.0 Å². The second-order valence-corrected chi connectivity index (χ2v) is 7.57. The maximum absolute atomic E-state index is 13.7. The third-order valence-corrected chi connectivity index (χ3v) is 6.20. The Morgan fingerprint density at radius 1 is 0.724 bits per heavy atom. The molecule has 0 fully saturated rings. The quantitative estimate of drug-likeness (QED) is 0.490. The minimum atomic E-state index is -1.16. The summed E-state index contributed by atoms with van der Waals surface area (Å²) in [7, 11) is 0. The summed E-state index contributed by atoms with van der Waals surface area (Å²) in [5.74, 6) is -1.01. The van der Waals surface area contributed by atoms with Crippen LogP contribution in [0.2, 0.25) is 0 Å². The van der Waals surface area contributed by atoms with Gasteiger partial charge in [0.15, 0.2) is 0 Å². The van der Waals surface area contributed by atoms with Crippen LogP contribution in [0, 0.1) is 0 Å². The molecule has 2 aliphatic rings. The molecular formula is C24H17N3O2. The highest BCUT2D eigenvalue weighted by Gasteiger charge is 2.59. The number of carbonyl (C=O) groups is 2. The summed E-state index contributed by atoms with van der Waals surface area (Å²) < 4.78 is 0. The van der Waals surface area contributed by atoms with Gasteiger partial charge in [0.1, 0.15) is 5.41 Å². The van der Waals surface area contributed by atoms with Crippen molar-refractivity contribution in [3.8, 4) is 0 Å². The van der Waals surface area contributed by atoms with Crippen molar-refractivity contribution in [3.05, 3.63) is 95.7 Å². The lowest BCUT2D eigenvalue weighted by molar-refractivity contribution is -0.125. The van der Waals surface area contributed by atoms with Gasteiger partial charge in [-0.05, 0) is 34.9 Å². The van der Waals surface area contributed by atoms with Crippen molar-refractivity contribution < 1.29 is 9.59 Å². The fourth-order valence-corrected chi connectivity index (χ4v) is 5.03. The maximum atomic E-state index is 13.7. The molecule has 140 valence electrons. The van der Waals surface area contributed by atoms with E-state index >= 15 is 0 Å². The molecule has 29 heavy (non-hydrogen) atoms. The summed E-state index contributed by atoms with van der Waals surface area (Å²) in [6.07, 6.45) is 1.88. The lowest BCUT2D eigenvalue weighted by Crippen LogP contribution is -2.44. The van der Waals surface area contributed by atoms with E-state index in [2.05, 4.69) is 15.6 Å². The van der Waals surface area contributed by atoms with Crippen LogP contribution in [-0.4, -0.2) is 16.8 Å². The third kappa shape index (κ3) is 1.94. The molecule has 1 aromatic heterocycles. The van der Waals surface area contributed by atoms with E-state index in [-0.39, 0.29) is 11.8 Å². The Balaban J connectivity index is 1.75. The van der Waals surface area contributed by atoms with Gasteiger partial charge in [-0.1, -0.05) is 54.6 Å². The van der Waals surface area contributed by atoms with Crippen LogP contribution in [0.1, 0.15) is 22.6 Å². The van der Waals surface area contributed by atoms with Crippen LogP contribution < -0.4 is 10.6 Å². The number of fused-ring (bicyclic) bond motifs is 3. The number of H-pyrrole nitrogens is 1. The smallest absolute Gasteiger partial charge is 0.240 e. The normalized spacial score (nSPS) is 22.3. The van der Waals surface area contributed by atoms with Gasteiger partial charge in [-0.15, -0.1) is 0 Å². The summed E-state index contributed by atoms with van der Waals surface area (Å²) in [4.78, 5) is 30.3. The number of nitrogens with one attached hydrogen (secondary N) is 3. The zero-order chi connectivity index (χ0) is 19.6. The van der Waals surface area contributed by atoms with Crippen molar-refractivity contribution in [2.24, 2.45) is 0 Å². The lowest BCUT2D eigenvalue weighted by atomic mass is 9.64. The molecule has 2 atom stereocenters. The predicted molar refractivity (Wildman–Crippen MR) is 112 cm³/mol. The first-order valence-electron chi connectivity index (χ1n) is 9.58. The fraction of sp³-hybridized carbons (Fsp3) is 0.0833. The largest absolute Gasteiger partial charge is 0.361 e. The number of carbonyl (C=O) groups excluding carboxylic acids is 2. The summed E-state index contributed by atoms with van der Waals surface area (Å²) >= 11 is 0. The molecule has 3 N–H and O–H groups in total. The SMILES string of the molecule is O=C1Nc2ccccc2C1C1(c2c[nH]c3ccccc23)C(=O)Nc2ccccc21. The molecule has 2 aliphatic heterocycles. The van der Waals surface area contributed by atoms with E-state index in [1.807, 2.05) is 79.0 Å². The molecule has 5 heteroatoms. The molecule has 0 saturated carbocycles. The van der Waals surface area contributed by atoms with Crippen LogP contribution in [0.4, 0.5) is 11.4 Å². The van der Waals surface area contributed by atoms with Gasteiger partial charge in [0.05, 0.1) is 5.92 Å². The van der Waals surface area contributed by atoms with Gasteiger partial charge in [-0.25, -0.2) is 0 Å². The van der Waals surface area contributed by atoms with Crippen LogP contribution in [0.25, 0.3) is 10.9 Å². The fourth-order valence-electron chi connectivity index (χ4n) is 5.03. The van der Waals surface area contributed by atoms with Crippen LogP contribution in [0.15, 0.2) is 79.0 Å². The van der Waals surface area contributed by atoms with Crippen molar-refractivity contribution in [1.82, 2.24) is 4.98 Å². The molecule has 3 aromatic carbocycles. The number of rotatable bonds is 2. The maximum Gasteiger partial charge on any atom is 0.240 e. The lowest BCUT2D eigenvalue weighted by Gasteiger charge is -2.32. The predicted octanol–water partition coefficient (Wildman–Crippen LogP) is 4.14. The molecule has 2 amide bonds. The van der Waals surface area contributed by atoms with Crippen LogP contribution >= 0.6 is 0 Å². The van der Waals surface area contributed by atoms with Crippen molar-refractivity contribution in [2.75, 3.05) is 10.6 Å². The van der Waals surface area contributed by atoms with Gasteiger partial charge < -0.3 is 15.6 Å². The first-order valence-corrected chi connectivity index (χ1v) is 9.58. The Labute approximate surface area is 166 Å². The van der Waals surface area contributed by atoms with E-state index in [1.165, 1.54) is 0 Å². The Bertz CT molecular complexity index is 1320. The number of hydrogen-bond donors (Lipinski definition) is 3. The Hall–Kier alpha value is -3.86. The number of aromatic nitrogens is 1. The molecule has 2 unspecified atom stereocenters. The first kappa shape index (κ1) is 16.1. The summed E-state index contributed by atoms with van der Waals surface area (Å²) in [6.45, 7) is 0. The van der Waals surface area contributed by atoms with Crippen molar-refractivity contribution in [3.63, 3.8) is 0 Å². The van der Waals surface area contributed by atoms with E-state index in [4.69, 9.17) is 0 Å². The van der Waals surface area contributed by atoms with E-state index in [1.54, 1.807) is 0 Å². The van der Waals surface area contributed by atoms with Gasteiger partial charge in [-0.2, -0.15) is 0 Å². The molecule has 0 saturated heterocycles. The van der Waals surface area contributed by atoms with E-state index in [9.17, 15) is 9.59 Å². The number of para-hydroxylation sites is 3. The number of amides is 2. The molecule has 6 rings (SSSR count). The summed E-state index contributed by atoms with van der Waals surface area (Å²) in [6, 6.07) is 23.2. The Morgan fingerprint density at radius 3 is 2.34 bits per heavy atom. The second kappa shape index (κ2) is 5.58. The van der Waals surface area contributed by atoms with Gasteiger partial charge in [-0.3, -0.25) is 9.59 Å². The minimum absolute atomic E-state index is 0.164. The van der Waals surface area contributed by atoms with Crippen molar-refractivity contribution in [1.29, 1.82) is 0 Å². The first-order chi connectivity index (χ1) is 14.2. The molecule has 0 aliphatic carbocycles. The third-order valence-electron chi connectivity index (χ3n) is 6.20. The molecule has 3 heterocycles. The molecule has 5 nitrogen and oxygen atoms in total. The highest BCUT2D eigenvalue weighted by molar-refractivity contribution is 6.18. The number of anilines is 2. The Kier molecular flexibility index (Phi) is 3.10. The van der Waals surface area contributed by atoms with Crippen LogP contribution in [-0.2, 0) is 15.0 Å². The molecule has 0 radical (unpaired) electrons. The summed E-state index contributed by atoms with van der Waals surface area (Å²) in [5.41, 5.74) is 3.77. The molecule has 0 bridgehead atoms. The zero-order valence-electron chi connectivity index (χ0n) is 15.4. The van der Waals surface area contributed by atoms with Crippen molar-refractivity contribution in [2.45, 2.75) is 11.3 Å². The average Bonchev–Trinajstić information content (AvgIpc) is 3.39. The molecule has 0 spiro atoms. The Morgan fingerprint density at radius 2 is 1.45 bits per heavy atom. The summed E-state index contributed by atoms with van der Waals surface area (Å²) in [5, 5.41) is 6.96. The van der Waals surface area contributed by atoms with Crippen molar-refractivity contribution >= 4 is 34.1 Å². The van der Waals surface area contributed by atoms with Crippen LogP contribution in [0.3, 0.4) is 0 Å². The topological polar surface area (TPSA) is 74.0 Å². The van der Waals surface area contributed by atoms with Gasteiger partial charge in [0.2, 0.25) is 11.8 Å². The highest BCUT2D eigenvalue weighted by Crippen LogP contribution is 2.56. The van der Waals surface area contributed by atoms with Crippen LogP contribution in [0.5, 0.6) is 0 Å². The highest BCUT2D eigenvalue weighted by atomic mass is 16.2. The second-order valence-electron chi connectivity index (χ2n) is 7.57. The standard InChI is InChI=1S/C24H17N3O2/c28-22-21(15-8-2-5-11-19(15)26-22)24(16-9-3-6-12-20(16)27-23(24)29)17-13-25-18-10-4-1-7-14(17)18/h1-13,21,25H,(H,26,28)(H,27,29).